The lowest BCUT2D eigenvalue weighted by molar-refractivity contribution is -0.121. The van der Waals surface area contributed by atoms with Crippen LogP contribution in [-0.4, -0.2) is 47.1 Å². The van der Waals surface area contributed by atoms with E-state index in [0.29, 0.717) is 36.8 Å². The van der Waals surface area contributed by atoms with Crippen LogP contribution in [0.25, 0.3) is 0 Å². The molecule has 0 aromatic heterocycles. The van der Waals surface area contributed by atoms with Crippen molar-refractivity contribution in [3.8, 4) is 17.2 Å². The van der Waals surface area contributed by atoms with Gasteiger partial charge in [-0.25, -0.2) is 8.42 Å². The smallest absolute Gasteiger partial charge is 0.232 e. The summed E-state index contributed by atoms with van der Waals surface area (Å²) in [4.78, 5) is 12.1. The molecule has 0 atom stereocenters. The Hall–Kier alpha value is -2.94. The van der Waals surface area contributed by atoms with Crippen molar-refractivity contribution >= 4 is 21.6 Å². The average molecular weight is 435 g/mol. The lowest BCUT2D eigenvalue weighted by atomic mass is 10.2. The molecule has 1 heterocycles. The van der Waals surface area contributed by atoms with E-state index >= 15 is 0 Å². The number of aryl methyl sites for hydroxylation is 1. The Morgan fingerprint density at radius 1 is 1.17 bits per heavy atom. The number of amides is 1. The highest BCUT2D eigenvalue weighted by Crippen LogP contribution is 2.36. The molecule has 1 aliphatic heterocycles. The van der Waals surface area contributed by atoms with Crippen LogP contribution in [0.2, 0.25) is 0 Å². The van der Waals surface area contributed by atoms with Gasteiger partial charge >= 0.3 is 0 Å². The number of carbonyl (C=O) groups excluding carboxylic acids is 1. The third-order valence-electron chi connectivity index (χ3n) is 4.49. The van der Waals surface area contributed by atoms with Gasteiger partial charge in [0.25, 0.3) is 0 Å². The van der Waals surface area contributed by atoms with E-state index in [1.165, 1.54) is 4.31 Å². The number of benzene rings is 2. The molecule has 9 heteroatoms. The van der Waals surface area contributed by atoms with Gasteiger partial charge in [0.1, 0.15) is 12.4 Å². The van der Waals surface area contributed by atoms with Crippen LogP contribution < -0.4 is 23.8 Å². The van der Waals surface area contributed by atoms with E-state index in [1.54, 1.807) is 18.2 Å². The number of fused-ring (bicyclic) bond motifs is 1. The molecule has 0 bridgehead atoms. The molecule has 0 fully saturated rings. The van der Waals surface area contributed by atoms with Crippen LogP contribution >= 0.6 is 0 Å². The number of anilines is 1. The van der Waals surface area contributed by atoms with E-state index in [2.05, 4.69) is 5.32 Å². The Balaban J connectivity index is 1.44. The van der Waals surface area contributed by atoms with E-state index in [0.717, 1.165) is 17.6 Å². The van der Waals surface area contributed by atoms with Crippen molar-refractivity contribution in [2.75, 3.05) is 37.1 Å². The highest BCUT2D eigenvalue weighted by molar-refractivity contribution is 7.92. The number of carbonyl (C=O) groups is 1. The fourth-order valence-corrected chi connectivity index (χ4v) is 4.02. The molecule has 0 unspecified atom stereocenters. The second-order valence-corrected chi connectivity index (χ2v) is 8.90. The molecule has 2 aromatic rings. The Labute approximate surface area is 176 Å². The fraction of sp³-hybridized carbons (Fsp3) is 0.381. The molecular formula is C21H26N2O6S. The maximum atomic E-state index is 12.2. The summed E-state index contributed by atoms with van der Waals surface area (Å²) in [5, 5.41) is 2.79. The first-order valence-corrected chi connectivity index (χ1v) is 11.5. The van der Waals surface area contributed by atoms with Gasteiger partial charge in [0, 0.05) is 19.0 Å². The third-order valence-corrected chi connectivity index (χ3v) is 5.69. The number of sulfonamides is 1. The molecule has 2 aromatic carbocycles. The molecular weight excluding hydrogens is 408 g/mol. The topological polar surface area (TPSA) is 94.2 Å². The van der Waals surface area contributed by atoms with E-state index < -0.39 is 10.0 Å². The van der Waals surface area contributed by atoms with E-state index in [-0.39, 0.29) is 25.7 Å². The first-order chi connectivity index (χ1) is 14.3. The second kappa shape index (κ2) is 9.71. The van der Waals surface area contributed by atoms with Gasteiger partial charge in [0.15, 0.2) is 11.5 Å². The fourth-order valence-electron chi connectivity index (χ4n) is 3.06. The van der Waals surface area contributed by atoms with Crippen LogP contribution in [0.5, 0.6) is 17.2 Å². The first-order valence-electron chi connectivity index (χ1n) is 9.66. The van der Waals surface area contributed by atoms with Crippen LogP contribution in [0.4, 0.5) is 5.69 Å². The lowest BCUT2D eigenvalue weighted by Crippen LogP contribution is -2.32. The van der Waals surface area contributed by atoms with Crippen LogP contribution in [0.3, 0.4) is 0 Å². The first kappa shape index (κ1) is 21.8. The Kier molecular flexibility index (Phi) is 7.04. The molecule has 0 saturated carbocycles. The molecule has 1 aliphatic rings. The van der Waals surface area contributed by atoms with E-state index in [4.69, 9.17) is 14.2 Å². The van der Waals surface area contributed by atoms with Gasteiger partial charge < -0.3 is 19.5 Å². The van der Waals surface area contributed by atoms with Crippen LogP contribution in [0.15, 0.2) is 42.5 Å². The molecule has 0 spiro atoms. The lowest BCUT2D eigenvalue weighted by Gasteiger charge is -2.22. The number of hydrogen-bond donors (Lipinski definition) is 1. The van der Waals surface area contributed by atoms with Gasteiger partial charge in [0.05, 0.1) is 18.5 Å². The Morgan fingerprint density at radius 2 is 1.97 bits per heavy atom. The van der Waals surface area contributed by atoms with Gasteiger partial charge in [0.2, 0.25) is 22.7 Å². The highest BCUT2D eigenvalue weighted by atomic mass is 32.2. The normalized spacial score (nSPS) is 12.5. The zero-order valence-electron chi connectivity index (χ0n) is 17.1. The Bertz CT molecular complexity index is 993. The van der Waals surface area contributed by atoms with Gasteiger partial charge in [-0.2, -0.15) is 0 Å². The summed E-state index contributed by atoms with van der Waals surface area (Å²) in [7, 11) is -3.50. The maximum Gasteiger partial charge on any atom is 0.232 e. The number of hydrogen-bond acceptors (Lipinski definition) is 6. The minimum atomic E-state index is -3.50. The summed E-state index contributed by atoms with van der Waals surface area (Å²) < 4.78 is 41.9. The summed E-state index contributed by atoms with van der Waals surface area (Å²) in [6.07, 6.45) is 1.73. The molecule has 0 radical (unpaired) electrons. The number of nitrogens with zero attached hydrogens (tertiary/aromatic N) is 1. The largest absolute Gasteiger partial charge is 0.492 e. The molecule has 8 nitrogen and oxygen atoms in total. The summed E-state index contributed by atoms with van der Waals surface area (Å²) in [6.45, 7) is 3.03. The number of nitrogens with one attached hydrogen (secondary N) is 1. The van der Waals surface area contributed by atoms with Crippen molar-refractivity contribution in [2.24, 2.45) is 0 Å². The highest BCUT2D eigenvalue weighted by Gasteiger charge is 2.21. The van der Waals surface area contributed by atoms with Crippen molar-refractivity contribution in [1.29, 1.82) is 0 Å². The number of rotatable bonds is 10. The van der Waals surface area contributed by atoms with Gasteiger partial charge in [-0.1, -0.05) is 12.1 Å². The zero-order chi connectivity index (χ0) is 21.6. The monoisotopic (exact) mass is 434 g/mol. The van der Waals surface area contributed by atoms with E-state index in [1.807, 2.05) is 31.2 Å². The maximum absolute atomic E-state index is 12.2. The second-order valence-electron chi connectivity index (χ2n) is 6.99. The standard InChI is InChI=1S/C21H26N2O6S/c1-16-5-3-6-18(13-16)27-12-10-22-21(24)7-4-11-23(30(2,25)26)17-8-9-19-20(14-17)29-15-28-19/h3,5-6,8-9,13-14H,4,7,10-12,15H2,1-2H3,(H,22,24). The molecule has 0 aliphatic carbocycles. The van der Waals surface area contributed by atoms with Crippen LogP contribution in [-0.2, 0) is 14.8 Å². The van der Waals surface area contributed by atoms with Gasteiger partial charge in [-0.3, -0.25) is 9.10 Å². The van der Waals surface area contributed by atoms with Crippen molar-refractivity contribution in [3.63, 3.8) is 0 Å². The third kappa shape index (κ3) is 6.03. The minimum absolute atomic E-state index is 0.116. The van der Waals surface area contributed by atoms with Crippen molar-refractivity contribution < 1.29 is 27.4 Å². The van der Waals surface area contributed by atoms with Crippen LogP contribution in [0.1, 0.15) is 18.4 Å². The van der Waals surface area contributed by atoms with Gasteiger partial charge in [-0.05, 0) is 43.2 Å². The molecule has 30 heavy (non-hydrogen) atoms. The predicted molar refractivity (Wildman–Crippen MR) is 114 cm³/mol. The quantitative estimate of drug-likeness (QED) is 0.578. The molecule has 1 amide bonds. The molecule has 3 rings (SSSR count). The number of ether oxygens (including phenoxy) is 3. The Morgan fingerprint density at radius 3 is 2.73 bits per heavy atom. The summed E-state index contributed by atoms with van der Waals surface area (Å²) in [5.41, 5.74) is 1.59. The van der Waals surface area contributed by atoms with Crippen molar-refractivity contribution in [2.45, 2.75) is 19.8 Å². The van der Waals surface area contributed by atoms with E-state index in [9.17, 15) is 13.2 Å². The summed E-state index contributed by atoms with van der Waals surface area (Å²) >= 11 is 0. The SMILES string of the molecule is Cc1cccc(OCCNC(=O)CCCN(c2ccc3c(c2)OCO3)S(C)(=O)=O)c1. The minimum Gasteiger partial charge on any atom is -0.492 e. The van der Waals surface area contributed by atoms with Crippen molar-refractivity contribution in [3.05, 3.63) is 48.0 Å². The average Bonchev–Trinajstić information content (AvgIpc) is 3.15. The summed E-state index contributed by atoms with van der Waals surface area (Å²) in [6, 6.07) is 12.7. The predicted octanol–water partition coefficient (Wildman–Crippen LogP) is 2.47. The van der Waals surface area contributed by atoms with Gasteiger partial charge in [-0.15, -0.1) is 0 Å². The zero-order valence-corrected chi connectivity index (χ0v) is 17.9. The molecule has 0 saturated heterocycles. The molecule has 1 N–H and O–H groups in total. The van der Waals surface area contributed by atoms with Crippen molar-refractivity contribution in [1.82, 2.24) is 5.32 Å². The summed E-state index contributed by atoms with van der Waals surface area (Å²) in [5.74, 6) is 1.70. The van der Waals surface area contributed by atoms with Crippen LogP contribution in [0, 0.1) is 6.92 Å². The molecule has 162 valence electrons.